The van der Waals surface area contributed by atoms with E-state index in [4.69, 9.17) is 10.6 Å². The van der Waals surface area contributed by atoms with E-state index in [1.165, 1.54) is 12.1 Å². The minimum atomic E-state index is -0.468. The summed E-state index contributed by atoms with van der Waals surface area (Å²) in [6.07, 6.45) is 0. The van der Waals surface area contributed by atoms with Crippen LogP contribution in [0.4, 0.5) is 29.2 Å². The molecule has 1 aromatic heterocycles. The van der Waals surface area contributed by atoms with Gasteiger partial charge in [-0.1, -0.05) is 6.07 Å². The number of aromatic nitrogens is 3. The molecule has 0 unspecified atom stereocenters. The number of rotatable bonds is 5. The van der Waals surface area contributed by atoms with Gasteiger partial charge in [0.1, 0.15) is 0 Å². The minimum absolute atomic E-state index is 0.0281. The fraction of sp³-hybridized carbons (Fsp3) is 0.308. The Labute approximate surface area is 137 Å². The van der Waals surface area contributed by atoms with Crippen molar-refractivity contribution in [1.82, 2.24) is 15.0 Å². The maximum absolute atomic E-state index is 10.9. The van der Waals surface area contributed by atoms with Crippen LogP contribution in [0.15, 0.2) is 24.3 Å². The van der Waals surface area contributed by atoms with Crippen molar-refractivity contribution < 1.29 is 9.66 Å². The predicted molar refractivity (Wildman–Crippen MR) is 87.0 cm³/mol. The lowest BCUT2D eigenvalue weighted by Gasteiger charge is -2.27. The van der Waals surface area contributed by atoms with Crippen LogP contribution in [0.3, 0.4) is 0 Å². The average Bonchev–Trinajstić information content (AvgIpc) is 2.62. The number of morpholine rings is 1. The maximum atomic E-state index is 10.9. The van der Waals surface area contributed by atoms with Gasteiger partial charge in [0, 0.05) is 30.9 Å². The average molecular weight is 332 g/mol. The summed E-state index contributed by atoms with van der Waals surface area (Å²) in [7, 11) is 0. The number of hydrazine groups is 1. The second-order valence-corrected chi connectivity index (χ2v) is 4.96. The van der Waals surface area contributed by atoms with E-state index in [2.05, 4.69) is 25.7 Å². The minimum Gasteiger partial charge on any atom is -0.378 e. The van der Waals surface area contributed by atoms with Gasteiger partial charge < -0.3 is 15.0 Å². The first kappa shape index (κ1) is 15.8. The second kappa shape index (κ2) is 7.02. The molecule has 1 saturated heterocycles. The SMILES string of the molecule is NNc1nc(Nc2cccc([N+](=O)[O-])c2)nc(N2CCOCC2)n1. The molecule has 126 valence electrons. The number of benzene rings is 1. The van der Waals surface area contributed by atoms with Gasteiger partial charge in [-0.3, -0.25) is 15.5 Å². The van der Waals surface area contributed by atoms with Crippen LogP contribution >= 0.6 is 0 Å². The molecule has 0 saturated carbocycles. The molecule has 4 N–H and O–H groups in total. The summed E-state index contributed by atoms with van der Waals surface area (Å²) in [5, 5.41) is 13.8. The second-order valence-electron chi connectivity index (χ2n) is 4.96. The topological polar surface area (TPSA) is 144 Å². The van der Waals surface area contributed by atoms with Gasteiger partial charge in [-0.05, 0) is 6.07 Å². The van der Waals surface area contributed by atoms with Crippen LogP contribution in [0.2, 0.25) is 0 Å². The molecule has 1 aliphatic rings. The van der Waals surface area contributed by atoms with Crippen molar-refractivity contribution in [3.8, 4) is 0 Å². The van der Waals surface area contributed by atoms with Crippen LogP contribution < -0.4 is 21.5 Å². The van der Waals surface area contributed by atoms with Crippen molar-refractivity contribution >= 4 is 29.2 Å². The molecule has 0 aliphatic carbocycles. The van der Waals surface area contributed by atoms with E-state index in [1.54, 1.807) is 12.1 Å². The summed E-state index contributed by atoms with van der Waals surface area (Å²) in [5.74, 6) is 6.29. The van der Waals surface area contributed by atoms with E-state index in [9.17, 15) is 10.1 Å². The smallest absolute Gasteiger partial charge is 0.271 e. The number of nitrogens with one attached hydrogen (secondary N) is 2. The maximum Gasteiger partial charge on any atom is 0.271 e. The predicted octanol–water partition coefficient (Wildman–Crippen LogP) is 0.646. The molecule has 3 rings (SSSR count). The molecule has 24 heavy (non-hydrogen) atoms. The van der Waals surface area contributed by atoms with Gasteiger partial charge in [0.25, 0.3) is 5.69 Å². The normalized spacial score (nSPS) is 14.3. The molecule has 0 amide bonds. The number of nitro benzene ring substituents is 1. The van der Waals surface area contributed by atoms with Crippen LogP contribution in [-0.4, -0.2) is 46.2 Å². The molecule has 11 nitrogen and oxygen atoms in total. The van der Waals surface area contributed by atoms with Crippen molar-refractivity contribution in [2.45, 2.75) is 0 Å². The Morgan fingerprint density at radius 1 is 1.21 bits per heavy atom. The van der Waals surface area contributed by atoms with E-state index < -0.39 is 4.92 Å². The van der Waals surface area contributed by atoms with Crippen LogP contribution in [0.1, 0.15) is 0 Å². The molecule has 1 aliphatic heterocycles. The van der Waals surface area contributed by atoms with Gasteiger partial charge in [0.05, 0.1) is 18.1 Å². The van der Waals surface area contributed by atoms with Gasteiger partial charge in [-0.2, -0.15) is 15.0 Å². The first-order valence-electron chi connectivity index (χ1n) is 7.22. The number of ether oxygens (including phenoxy) is 1. The van der Waals surface area contributed by atoms with Crippen LogP contribution in [0.25, 0.3) is 0 Å². The van der Waals surface area contributed by atoms with Gasteiger partial charge in [-0.15, -0.1) is 0 Å². The van der Waals surface area contributed by atoms with E-state index in [1.807, 2.05) is 4.90 Å². The Balaban J connectivity index is 1.86. The summed E-state index contributed by atoms with van der Waals surface area (Å²) in [5.41, 5.74) is 2.86. The van der Waals surface area contributed by atoms with E-state index in [0.717, 1.165) is 0 Å². The number of nitrogens with two attached hydrogens (primary N) is 1. The Morgan fingerprint density at radius 2 is 1.96 bits per heavy atom. The zero-order valence-corrected chi connectivity index (χ0v) is 12.7. The standard InChI is InChI=1S/C13H16N8O3/c14-19-12-16-11(15-9-2-1-3-10(8-9)21(22)23)17-13(18-12)20-4-6-24-7-5-20/h1-3,8H,4-7,14H2,(H2,15,16,17,18,19). The first-order chi connectivity index (χ1) is 11.7. The number of anilines is 4. The van der Waals surface area contributed by atoms with Crippen molar-refractivity contribution in [2.75, 3.05) is 41.9 Å². The molecular weight excluding hydrogens is 316 g/mol. The lowest BCUT2D eigenvalue weighted by molar-refractivity contribution is -0.384. The van der Waals surface area contributed by atoms with E-state index in [0.29, 0.717) is 37.9 Å². The molecule has 0 atom stereocenters. The highest BCUT2D eigenvalue weighted by Gasteiger charge is 2.16. The van der Waals surface area contributed by atoms with Gasteiger partial charge in [0.2, 0.25) is 17.8 Å². The third-order valence-electron chi connectivity index (χ3n) is 3.36. The van der Waals surface area contributed by atoms with Crippen molar-refractivity contribution in [1.29, 1.82) is 0 Å². The van der Waals surface area contributed by atoms with Gasteiger partial charge in [0.15, 0.2) is 0 Å². The fourth-order valence-corrected chi connectivity index (χ4v) is 2.22. The van der Waals surface area contributed by atoms with Crippen LogP contribution in [0, 0.1) is 10.1 Å². The number of nitrogens with zero attached hydrogens (tertiary/aromatic N) is 5. The molecule has 11 heteroatoms. The lowest BCUT2D eigenvalue weighted by atomic mass is 10.3. The summed E-state index contributed by atoms with van der Waals surface area (Å²) in [4.78, 5) is 25.0. The summed E-state index contributed by atoms with van der Waals surface area (Å²) in [6.45, 7) is 2.49. The van der Waals surface area contributed by atoms with Crippen LogP contribution in [0.5, 0.6) is 0 Å². The first-order valence-corrected chi connectivity index (χ1v) is 7.22. The summed E-state index contributed by atoms with van der Waals surface area (Å²) >= 11 is 0. The Hall–Kier alpha value is -3.05. The highest BCUT2D eigenvalue weighted by Crippen LogP contribution is 2.21. The number of hydrogen-bond acceptors (Lipinski definition) is 10. The Bertz CT molecular complexity index is 735. The van der Waals surface area contributed by atoms with E-state index in [-0.39, 0.29) is 17.6 Å². The molecule has 0 radical (unpaired) electrons. The third-order valence-corrected chi connectivity index (χ3v) is 3.36. The zero-order valence-electron chi connectivity index (χ0n) is 12.7. The highest BCUT2D eigenvalue weighted by atomic mass is 16.6. The molecule has 1 fully saturated rings. The largest absolute Gasteiger partial charge is 0.378 e. The van der Waals surface area contributed by atoms with E-state index >= 15 is 0 Å². The molecule has 0 bridgehead atoms. The number of nitrogen functional groups attached to an aromatic ring is 1. The molecular formula is C13H16N8O3. The Kier molecular flexibility index (Phi) is 4.63. The number of hydrogen-bond donors (Lipinski definition) is 3. The lowest BCUT2D eigenvalue weighted by Crippen LogP contribution is -2.37. The number of non-ortho nitro benzene ring substituents is 1. The Morgan fingerprint density at radius 3 is 2.67 bits per heavy atom. The summed E-state index contributed by atoms with van der Waals surface area (Å²) in [6, 6.07) is 6.06. The summed E-state index contributed by atoms with van der Waals surface area (Å²) < 4.78 is 5.31. The number of nitro groups is 1. The molecule has 1 aromatic carbocycles. The van der Waals surface area contributed by atoms with Crippen molar-refractivity contribution in [3.05, 3.63) is 34.4 Å². The third kappa shape index (κ3) is 3.64. The molecule has 2 aromatic rings. The highest BCUT2D eigenvalue weighted by molar-refractivity contribution is 5.59. The molecule has 0 spiro atoms. The van der Waals surface area contributed by atoms with Gasteiger partial charge in [-0.25, -0.2) is 5.84 Å². The zero-order chi connectivity index (χ0) is 16.9. The monoisotopic (exact) mass is 332 g/mol. The fourth-order valence-electron chi connectivity index (χ4n) is 2.22. The van der Waals surface area contributed by atoms with Crippen molar-refractivity contribution in [2.24, 2.45) is 5.84 Å². The van der Waals surface area contributed by atoms with Crippen molar-refractivity contribution in [3.63, 3.8) is 0 Å². The van der Waals surface area contributed by atoms with Crippen LogP contribution in [-0.2, 0) is 4.74 Å². The van der Waals surface area contributed by atoms with Gasteiger partial charge >= 0.3 is 0 Å². The molecule has 2 heterocycles. The quantitative estimate of drug-likeness (QED) is 0.405.